The molecule has 116 valence electrons. The molecular formula is C18H22IN3. The van der Waals surface area contributed by atoms with E-state index in [0.717, 1.165) is 18.8 Å². The first-order chi connectivity index (χ1) is 10.6. The number of likely N-dealkylation sites (N-methyl/N-ethyl adjacent to an activating group) is 1. The van der Waals surface area contributed by atoms with E-state index in [1.165, 1.54) is 26.8 Å². The quantitative estimate of drug-likeness (QED) is 0.623. The molecule has 4 heteroatoms. The van der Waals surface area contributed by atoms with E-state index in [2.05, 4.69) is 82.9 Å². The molecule has 22 heavy (non-hydrogen) atoms. The zero-order valence-electron chi connectivity index (χ0n) is 13.1. The molecule has 1 fully saturated rings. The van der Waals surface area contributed by atoms with Crippen LogP contribution in [0.1, 0.15) is 6.42 Å². The third-order valence-electron chi connectivity index (χ3n) is 4.44. The molecule has 0 unspecified atom stereocenters. The summed E-state index contributed by atoms with van der Waals surface area (Å²) in [4.78, 5) is 4.81. The van der Waals surface area contributed by atoms with Crippen LogP contribution >= 0.6 is 22.6 Å². The molecule has 0 saturated carbocycles. The summed E-state index contributed by atoms with van der Waals surface area (Å²) < 4.78 is 1.17. The van der Waals surface area contributed by atoms with Crippen LogP contribution in [0.4, 0.5) is 11.4 Å². The molecule has 2 aromatic rings. The predicted octanol–water partition coefficient (Wildman–Crippen LogP) is 3.68. The molecule has 1 aliphatic rings. The smallest absolute Gasteiger partial charge is 0.0603 e. The van der Waals surface area contributed by atoms with Gasteiger partial charge in [0.25, 0.3) is 0 Å². The number of rotatable bonds is 3. The normalized spacial score (nSPS) is 18.2. The third kappa shape index (κ3) is 2.94. The summed E-state index contributed by atoms with van der Waals surface area (Å²) in [7, 11) is 4.33. The van der Waals surface area contributed by atoms with Crippen LogP contribution in [0.15, 0.2) is 42.5 Å². The van der Waals surface area contributed by atoms with Gasteiger partial charge in [0.2, 0.25) is 0 Å². The Morgan fingerprint density at radius 1 is 1.14 bits per heavy atom. The Balaban J connectivity index is 2.04. The molecule has 3 nitrogen and oxygen atoms in total. The van der Waals surface area contributed by atoms with Gasteiger partial charge in [-0.05, 0) is 54.7 Å². The highest BCUT2D eigenvalue weighted by Crippen LogP contribution is 2.39. The molecule has 3 rings (SSSR count). The Labute approximate surface area is 146 Å². The van der Waals surface area contributed by atoms with Crippen LogP contribution in [-0.4, -0.2) is 38.1 Å². The van der Waals surface area contributed by atoms with E-state index in [9.17, 15) is 0 Å². The van der Waals surface area contributed by atoms with Gasteiger partial charge in [0.1, 0.15) is 0 Å². The highest BCUT2D eigenvalue weighted by atomic mass is 127. The van der Waals surface area contributed by atoms with Crippen molar-refractivity contribution >= 4 is 34.0 Å². The highest BCUT2D eigenvalue weighted by molar-refractivity contribution is 14.1. The Kier molecular flexibility index (Phi) is 4.59. The summed E-state index contributed by atoms with van der Waals surface area (Å²) in [5.41, 5.74) is 10.9. The summed E-state index contributed by atoms with van der Waals surface area (Å²) >= 11 is 2.39. The van der Waals surface area contributed by atoms with Gasteiger partial charge < -0.3 is 15.5 Å². The lowest BCUT2D eigenvalue weighted by molar-refractivity contribution is 0.315. The monoisotopic (exact) mass is 407 g/mol. The van der Waals surface area contributed by atoms with Gasteiger partial charge in [0, 0.05) is 30.4 Å². The highest BCUT2D eigenvalue weighted by Gasteiger charge is 2.27. The number of benzene rings is 2. The van der Waals surface area contributed by atoms with E-state index in [1.54, 1.807) is 0 Å². The van der Waals surface area contributed by atoms with Gasteiger partial charge in [-0.3, -0.25) is 0 Å². The molecule has 2 aromatic carbocycles. The number of hydrogen-bond acceptors (Lipinski definition) is 3. The first-order valence-corrected chi connectivity index (χ1v) is 8.70. The van der Waals surface area contributed by atoms with E-state index < -0.39 is 0 Å². The van der Waals surface area contributed by atoms with E-state index in [0.29, 0.717) is 6.04 Å². The van der Waals surface area contributed by atoms with Gasteiger partial charge >= 0.3 is 0 Å². The lowest BCUT2D eigenvalue weighted by atomic mass is 10.0. The van der Waals surface area contributed by atoms with Crippen LogP contribution in [0, 0.1) is 3.57 Å². The topological polar surface area (TPSA) is 32.5 Å². The first kappa shape index (κ1) is 15.6. The van der Waals surface area contributed by atoms with Crippen LogP contribution < -0.4 is 10.6 Å². The molecule has 1 atom stereocenters. The fraction of sp³-hybridized carbons (Fsp3) is 0.333. The molecule has 0 aliphatic carbocycles. The minimum absolute atomic E-state index is 0.612. The molecule has 0 aromatic heterocycles. The summed E-state index contributed by atoms with van der Waals surface area (Å²) in [5, 5.41) is 0. The Morgan fingerprint density at radius 2 is 1.86 bits per heavy atom. The maximum Gasteiger partial charge on any atom is 0.0603 e. The maximum absolute atomic E-state index is 6.19. The van der Waals surface area contributed by atoms with Crippen LogP contribution in [0.3, 0.4) is 0 Å². The number of nitrogens with zero attached hydrogens (tertiary/aromatic N) is 2. The third-order valence-corrected chi connectivity index (χ3v) is 5.57. The van der Waals surface area contributed by atoms with E-state index in [1.807, 2.05) is 6.07 Å². The van der Waals surface area contributed by atoms with Crippen molar-refractivity contribution in [2.75, 3.05) is 37.8 Å². The summed E-state index contributed by atoms with van der Waals surface area (Å²) in [5.74, 6) is 0. The molecule has 0 amide bonds. The van der Waals surface area contributed by atoms with Gasteiger partial charge in [-0.1, -0.05) is 36.4 Å². The van der Waals surface area contributed by atoms with Crippen molar-refractivity contribution in [2.24, 2.45) is 0 Å². The predicted molar refractivity (Wildman–Crippen MR) is 103 cm³/mol. The molecule has 0 radical (unpaired) electrons. The summed E-state index contributed by atoms with van der Waals surface area (Å²) in [6.45, 7) is 2.15. The molecule has 1 heterocycles. The van der Waals surface area contributed by atoms with Gasteiger partial charge in [0.15, 0.2) is 0 Å². The van der Waals surface area contributed by atoms with Crippen molar-refractivity contribution in [2.45, 2.75) is 12.5 Å². The van der Waals surface area contributed by atoms with Crippen LogP contribution in [0.25, 0.3) is 11.1 Å². The lowest BCUT2D eigenvalue weighted by Crippen LogP contribution is -2.32. The molecule has 1 saturated heterocycles. The van der Waals surface area contributed by atoms with Crippen molar-refractivity contribution in [1.29, 1.82) is 0 Å². The van der Waals surface area contributed by atoms with Gasteiger partial charge in [-0.2, -0.15) is 0 Å². The SMILES string of the molecule is CN(C)[C@H]1CCN(c2c(-c3ccccc3)ccc(N)c2I)C1. The van der Waals surface area contributed by atoms with E-state index >= 15 is 0 Å². The number of anilines is 2. The van der Waals surface area contributed by atoms with Crippen molar-refractivity contribution in [3.8, 4) is 11.1 Å². The molecular weight excluding hydrogens is 385 g/mol. The second-order valence-electron chi connectivity index (χ2n) is 6.08. The largest absolute Gasteiger partial charge is 0.398 e. The summed E-state index contributed by atoms with van der Waals surface area (Å²) in [6.07, 6.45) is 1.20. The van der Waals surface area contributed by atoms with Crippen molar-refractivity contribution in [3.05, 3.63) is 46.0 Å². The number of halogens is 1. The zero-order valence-corrected chi connectivity index (χ0v) is 15.2. The Morgan fingerprint density at radius 3 is 2.50 bits per heavy atom. The molecule has 0 spiro atoms. The van der Waals surface area contributed by atoms with Crippen LogP contribution in [-0.2, 0) is 0 Å². The number of hydrogen-bond donors (Lipinski definition) is 1. The minimum atomic E-state index is 0.612. The molecule has 2 N–H and O–H groups in total. The van der Waals surface area contributed by atoms with E-state index in [4.69, 9.17) is 5.73 Å². The van der Waals surface area contributed by atoms with E-state index in [-0.39, 0.29) is 0 Å². The van der Waals surface area contributed by atoms with Crippen molar-refractivity contribution in [3.63, 3.8) is 0 Å². The Bertz CT molecular complexity index is 655. The van der Waals surface area contributed by atoms with Gasteiger partial charge in [0.05, 0.1) is 9.26 Å². The molecule has 0 bridgehead atoms. The first-order valence-electron chi connectivity index (χ1n) is 7.62. The van der Waals surface area contributed by atoms with Crippen molar-refractivity contribution in [1.82, 2.24) is 4.90 Å². The van der Waals surface area contributed by atoms with Gasteiger partial charge in [-0.25, -0.2) is 0 Å². The van der Waals surface area contributed by atoms with Crippen molar-refractivity contribution < 1.29 is 0 Å². The molecule has 1 aliphatic heterocycles. The number of nitrogens with two attached hydrogens (primary N) is 1. The average Bonchev–Trinajstić information content (AvgIpc) is 3.00. The second-order valence-corrected chi connectivity index (χ2v) is 7.16. The fourth-order valence-corrected chi connectivity index (χ4v) is 3.92. The standard InChI is InChI=1S/C18H22IN3/c1-21(2)14-10-11-22(12-14)18-15(8-9-16(20)17(18)19)13-6-4-3-5-7-13/h3-9,14H,10-12,20H2,1-2H3/t14-/m0/s1. The second kappa shape index (κ2) is 6.46. The van der Waals surface area contributed by atoms with Gasteiger partial charge in [-0.15, -0.1) is 0 Å². The lowest BCUT2D eigenvalue weighted by Gasteiger charge is -2.26. The summed E-state index contributed by atoms with van der Waals surface area (Å²) in [6, 6.07) is 15.4. The number of nitrogen functional groups attached to an aromatic ring is 1. The van der Waals surface area contributed by atoms with Crippen LogP contribution in [0.5, 0.6) is 0 Å². The van der Waals surface area contributed by atoms with Crippen LogP contribution in [0.2, 0.25) is 0 Å². The Hall–Kier alpha value is -1.27. The maximum atomic E-state index is 6.19. The average molecular weight is 407 g/mol. The minimum Gasteiger partial charge on any atom is -0.398 e. The fourth-order valence-electron chi connectivity index (χ4n) is 3.11. The zero-order chi connectivity index (χ0) is 15.7.